The fourth-order valence-electron chi connectivity index (χ4n) is 3.14. The number of rotatable bonds is 6. The smallest absolute Gasteiger partial charge is 0.118 e. The standard InChI is InChI=1S/C16H26N2O/c1-18(16-5-3-4-14(16)12-17)11-10-13-6-8-15(19-2)9-7-13/h6-9,14,16H,3-5,10-12,17H2,1-2H3. The van der Waals surface area contributed by atoms with Gasteiger partial charge in [0.25, 0.3) is 0 Å². The van der Waals surface area contributed by atoms with Crippen LogP contribution >= 0.6 is 0 Å². The summed E-state index contributed by atoms with van der Waals surface area (Å²) < 4.78 is 5.18. The highest BCUT2D eigenvalue weighted by atomic mass is 16.5. The van der Waals surface area contributed by atoms with E-state index < -0.39 is 0 Å². The first-order chi connectivity index (χ1) is 9.24. The monoisotopic (exact) mass is 262 g/mol. The van der Waals surface area contributed by atoms with Crippen molar-refractivity contribution in [3.05, 3.63) is 29.8 Å². The van der Waals surface area contributed by atoms with E-state index in [0.29, 0.717) is 12.0 Å². The van der Waals surface area contributed by atoms with E-state index in [-0.39, 0.29) is 0 Å². The van der Waals surface area contributed by atoms with Crippen LogP contribution in [-0.2, 0) is 6.42 Å². The second-order valence-electron chi connectivity index (χ2n) is 5.57. The summed E-state index contributed by atoms with van der Waals surface area (Å²) >= 11 is 0. The van der Waals surface area contributed by atoms with Gasteiger partial charge in [-0.1, -0.05) is 18.6 Å². The van der Waals surface area contributed by atoms with E-state index >= 15 is 0 Å². The topological polar surface area (TPSA) is 38.5 Å². The van der Waals surface area contributed by atoms with Gasteiger partial charge in [0.05, 0.1) is 7.11 Å². The molecule has 0 bridgehead atoms. The number of nitrogens with two attached hydrogens (primary N) is 1. The largest absolute Gasteiger partial charge is 0.497 e. The van der Waals surface area contributed by atoms with Crippen LogP contribution in [0.15, 0.2) is 24.3 Å². The number of ether oxygens (including phenoxy) is 1. The molecular weight excluding hydrogens is 236 g/mol. The van der Waals surface area contributed by atoms with Gasteiger partial charge in [0.15, 0.2) is 0 Å². The highest BCUT2D eigenvalue weighted by Crippen LogP contribution is 2.28. The lowest BCUT2D eigenvalue weighted by Crippen LogP contribution is -2.38. The quantitative estimate of drug-likeness (QED) is 0.855. The zero-order valence-corrected chi connectivity index (χ0v) is 12.1. The molecule has 106 valence electrons. The molecule has 1 saturated carbocycles. The van der Waals surface area contributed by atoms with Gasteiger partial charge in [-0.2, -0.15) is 0 Å². The fraction of sp³-hybridized carbons (Fsp3) is 0.625. The van der Waals surface area contributed by atoms with Crippen LogP contribution < -0.4 is 10.5 Å². The van der Waals surface area contributed by atoms with Crippen LogP contribution in [0.1, 0.15) is 24.8 Å². The van der Waals surface area contributed by atoms with Crippen LogP contribution in [-0.4, -0.2) is 38.2 Å². The van der Waals surface area contributed by atoms with Crippen molar-refractivity contribution in [2.24, 2.45) is 11.7 Å². The van der Waals surface area contributed by atoms with Gasteiger partial charge in [0, 0.05) is 12.6 Å². The van der Waals surface area contributed by atoms with E-state index in [9.17, 15) is 0 Å². The minimum Gasteiger partial charge on any atom is -0.497 e. The lowest BCUT2D eigenvalue weighted by Gasteiger charge is -2.29. The van der Waals surface area contributed by atoms with Crippen molar-refractivity contribution in [1.82, 2.24) is 4.90 Å². The third kappa shape index (κ3) is 3.71. The summed E-state index contributed by atoms with van der Waals surface area (Å²) in [7, 11) is 3.94. The van der Waals surface area contributed by atoms with Crippen molar-refractivity contribution in [3.8, 4) is 5.75 Å². The van der Waals surface area contributed by atoms with Crippen molar-refractivity contribution in [3.63, 3.8) is 0 Å². The maximum Gasteiger partial charge on any atom is 0.118 e. The first-order valence-electron chi connectivity index (χ1n) is 7.28. The summed E-state index contributed by atoms with van der Waals surface area (Å²) in [6.07, 6.45) is 5.03. The molecule has 2 rings (SSSR count). The molecule has 0 radical (unpaired) electrons. The zero-order chi connectivity index (χ0) is 13.7. The van der Waals surface area contributed by atoms with Gasteiger partial charge in [-0.3, -0.25) is 0 Å². The molecule has 1 aromatic carbocycles. The minimum atomic E-state index is 0.684. The van der Waals surface area contributed by atoms with Crippen LogP contribution in [0.4, 0.5) is 0 Å². The van der Waals surface area contributed by atoms with Crippen molar-refractivity contribution in [2.75, 3.05) is 27.2 Å². The third-order valence-corrected chi connectivity index (χ3v) is 4.40. The Bertz CT molecular complexity index is 377. The van der Waals surface area contributed by atoms with E-state index in [0.717, 1.165) is 25.3 Å². The average molecular weight is 262 g/mol. The molecule has 0 aromatic heterocycles. The molecule has 19 heavy (non-hydrogen) atoms. The number of hydrogen-bond donors (Lipinski definition) is 1. The fourth-order valence-corrected chi connectivity index (χ4v) is 3.14. The van der Waals surface area contributed by atoms with E-state index in [1.54, 1.807) is 7.11 Å². The molecule has 2 atom stereocenters. The van der Waals surface area contributed by atoms with Gasteiger partial charge < -0.3 is 15.4 Å². The summed E-state index contributed by atoms with van der Waals surface area (Å²) in [5, 5.41) is 0. The molecular formula is C16H26N2O. The molecule has 1 aromatic rings. The molecule has 1 aliphatic carbocycles. The number of likely N-dealkylation sites (N-methyl/N-ethyl adjacent to an activating group) is 1. The minimum absolute atomic E-state index is 0.684. The predicted molar refractivity (Wildman–Crippen MR) is 79.5 cm³/mol. The molecule has 1 fully saturated rings. The number of benzene rings is 1. The molecule has 0 amide bonds. The van der Waals surface area contributed by atoms with Crippen molar-refractivity contribution >= 4 is 0 Å². The average Bonchev–Trinajstić information content (AvgIpc) is 2.93. The van der Waals surface area contributed by atoms with E-state index in [4.69, 9.17) is 10.5 Å². The van der Waals surface area contributed by atoms with Crippen molar-refractivity contribution in [2.45, 2.75) is 31.7 Å². The first-order valence-corrected chi connectivity index (χ1v) is 7.28. The van der Waals surface area contributed by atoms with Gasteiger partial charge >= 0.3 is 0 Å². The molecule has 2 unspecified atom stereocenters. The summed E-state index contributed by atoms with van der Waals surface area (Å²) in [6.45, 7) is 1.94. The van der Waals surface area contributed by atoms with Crippen molar-refractivity contribution in [1.29, 1.82) is 0 Å². The molecule has 0 saturated heterocycles. The first kappa shape index (κ1) is 14.4. The Morgan fingerprint density at radius 3 is 2.63 bits per heavy atom. The summed E-state index contributed by atoms with van der Waals surface area (Å²) in [6, 6.07) is 9.06. The predicted octanol–water partition coefficient (Wildman–Crippen LogP) is 2.30. The van der Waals surface area contributed by atoms with Gasteiger partial charge in [-0.05, 0) is 56.5 Å². The Morgan fingerprint density at radius 2 is 2.00 bits per heavy atom. The molecule has 3 heteroatoms. The van der Waals surface area contributed by atoms with E-state index in [1.807, 2.05) is 12.1 Å². The summed E-state index contributed by atoms with van der Waals surface area (Å²) in [5.41, 5.74) is 7.23. The molecule has 1 aliphatic rings. The number of hydrogen-bond acceptors (Lipinski definition) is 3. The molecule has 3 nitrogen and oxygen atoms in total. The van der Waals surface area contributed by atoms with Crippen LogP contribution in [0, 0.1) is 5.92 Å². The van der Waals surface area contributed by atoms with Gasteiger partial charge in [-0.15, -0.1) is 0 Å². The van der Waals surface area contributed by atoms with Crippen LogP contribution in [0.2, 0.25) is 0 Å². The third-order valence-electron chi connectivity index (χ3n) is 4.40. The SMILES string of the molecule is COc1ccc(CCN(C)C2CCCC2CN)cc1. The normalized spacial score (nSPS) is 22.9. The number of nitrogens with zero attached hydrogens (tertiary/aromatic N) is 1. The maximum absolute atomic E-state index is 5.86. The van der Waals surface area contributed by atoms with Gasteiger partial charge in [0.2, 0.25) is 0 Å². The Balaban J connectivity index is 1.83. The van der Waals surface area contributed by atoms with Gasteiger partial charge in [-0.25, -0.2) is 0 Å². The highest BCUT2D eigenvalue weighted by molar-refractivity contribution is 5.27. The van der Waals surface area contributed by atoms with Crippen molar-refractivity contribution < 1.29 is 4.74 Å². The zero-order valence-electron chi connectivity index (χ0n) is 12.1. The second kappa shape index (κ2) is 6.92. The lowest BCUT2D eigenvalue weighted by atomic mass is 10.0. The molecule has 2 N–H and O–H groups in total. The Hall–Kier alpha value is -1.06. The summed E-state index contributed by atoms with van der Waals surface area (Å²) in [5.74, 6) is 1.62. The van der Waals surface area contributed by atoms with Crippen LogP contribution in [0.5, 0.6) is 5.75 Å². The van der Waals surface area contributed by atoms with E-state index in [2.05, 4.69) is 24.1 Å². The summed E-state index contributed by atoms with van der Waals surface area (Å²) in [4.78, 5) is 2.49. The maximum atomic E-state index is 5.86. The number of methoxy groups -OCH3 is 1. The van der Waals surface area contributed by atoms with E-state index in [1.165, 1.54) is 24.8 Å². The Kier molecular flexibility index (Phi) is 5.23. The molecule has 0 spiro atoms. The lowest BCUT2D eigenvalue weighted by molar-refractivity contribution is 0.202. The van der Waals surface area contributed by atoms with Crippen LogP contribution in [0.3, 0.4) is 0 Å². The Labute approximate surface area is 116 Å². The molecule has 0 aliphatic heterocycles. The van der Waals surface area contributed by atoms with Gasteiger partial charge in [0.1, 0.15) is 5.75 Å². The second-order valence-corrected chi connectivity index (χ2v) is 5.57. The Morgan fingerprint density at radius 1 is 1.26 bits per heavy atom. The van der Waals surface area contributed by atoms with Crippen LogP contribution in [0.25, 0.3) is 0 Å². The molecule has 0 heterocycles. The highest BCUT2D eigenvalue weighted by Gasteiger charge is 2.28.